The van der Waals surface area contributed by atoms with Gasteiger partial charge in [-0.1, -0.05) is 51.8 Å². The molecule has 52 valence electrons. The summed E-state index contributed by atoms with van der Waals surface area (Å²) in [7, 11) is 5.34. The molecule has 0 unspecified atom stereocenters. The monoisotopic (exact) mass is 124 g/mol. The van der Waals surface area contributed by atoms with Gasteiger partial charge in [-0.3, -0.25) is 0 Å². The molecule has 0 aliphatic carbocycles. The van der Waals surface area contributed by atoms with E-state index in [1.807, 2.05) is 0 Å². The molecule has 0 bridgehead atoms. The molecule has 0 saturated heterocycles. The zero-order chi connectivity index (χ0) is 6.95. The van der Waals surface area contributed by atoms with Gasteiger partial charge in [0.2, 0.25) is 0 Å². The van der Waals surface area contributed by atoms with Crippen molar-refractivity contribution in [2.75, 3.05) is 0 Å². The molecule has 0 heterocycles. The Morgan fingerprint density at radius 3 is 2.00 bits per heavy atom. The van der Waals surface area contributed by atoms with E-state index in [2.05, 4.69) is 6.92 Å². The van der Waals surface area contributed by atoms with Crippen LogP contribution in [0.25, 0.3) is 0 Å². The van der Waals surface area contributed by atoms with Gasteiger partial charge < -0.3 is 0 Å². The van der Waals surface area contributed by atoms with Gasteiger partial charge >= 0.3 is 0 Å². The van der Waals surface area contributed by atoms with E-state index in [1.165, 1.54) is 38.5 Å². The molecule has 0 aliphatic rings. The molecule has 0 nitrogen and oxygen atoms in total. The van der Waals surface area contributed by atoms with Crippen molar-refractivity contribution in [3.8, 4) is 0 Å². The van der Waals surface area contributed by atoms with E-state index in [0.717, 1.165) is 6.32 Å². The topological polar surface area (TPSA) is 0 Å². The van der Waals surface area contributed by atoms with Gasteiger partial charge in [0.05, 0.1) is 7.85 Å². The predicted molar refractivity (Wildman–Crippen MR) is 43.9 cm³/mol. The van der Waals surface area contributed by atoms with Crippen LogP contribution in [0.5, 0.6) is 0 Å². The first-order valence-electron chi connectivity index (χ1n) is 4.12. The van der Waals surface area contributed by atoms with E-state index in [9.17, 15) is 0 Å². The second-order valence-corrected chi connectivity index (χ2v) is 2.56. The Morgan fingerprint density at radius 1 is 0.889 bits per heavy atom. The van der Waals surface area contributed by atoms with Gasteiger partial charge in [0.1, 0.15) is 0 Å². The molecule has 0 saturated carbocycles. The van der Waals surface area contributed by atoms with Crippen molar-refractivity contribution in [1.82, 2.24) is 0 Å². The van der Waals surface area contributed by atoms with Gasteiger partial charge in [0.15, 0.2) is 0 Å². The third-order valence-electron chi connectivity index (χ3n) is 1.56. The minimum absolute atomic E-state index is 0.867. The number of unbranched alkanes of at least 4 members (excludes halogenated alkanes) is 5. The fraction of sp³-hybridized carbons (Fsp3) is 1.00. The Morgan fingerprint density at radius 2 is 1.44 bits per heavy atom. The standard InChI is InChI=1S/C8H17B/c1-2-3-4-5-6-7-8-9/h2-8H2,1H3. The maximum atomic E-state index is 5.34. The lowest BCUT2D eigenvalue weighted by molar-refractivity contribution is 0.624. The first-order chi connectivity index (χ1) is 4.41. The van der Waals surface area contributed by atoms with Crippen molar-refractivity contribution in [1.29, 1.82) is 0 Å². The summed E-state index contributed by atoms with van der Waals surface area (Å²) in [5.74, 6) is 0. The lowest BCUT2D eigenvalue weighted by atomic mass is 9.98. The van der Waals surface area contributed by atoms with E-state index in [-0.39, 0.29) is 0 Å². The van der Waals surface area contributed by atoms with Gasteiger partial charge in [-0.25, -0.2) is 0 Å². The average Bonchev–Trinajstić information content (AvgIpc) is 1.89. The van der Waals surface area contributed by atoms with E-state index >= 15 is 0 Å². The predicted octanol–water partition coefficient (Wildman–Crippen LogP) is 2.93. The van der Waals surface area contributed by atoms with Crippen molar-refractivity contribution in [3.63, 3.8) is 0 Å². The lowest BCUT2D eigenvalue weighted by Gasteiger charge is -1.96. The van der Waals surface area contributed by atoms with E-state index in [4.69, 9.17) is 7.85 Å². The van der Waals surface area contributed by atoms with Crippen LogP contribution in [0.3, 0.4) is 0 Å². The normalized spacial score (nSPS) is 9.89. The molecule has 1 heteroatoms. The summed E-state index contributed by atoms with van der Waals surface area (Å²) >= 11 is 0. The molecule has 9 heavy (non-hydrogen) atoms. The highest BCUT2D eigenvalue weighted by atomic mass is 13.9. The molecule has 0 aromatic carbocycles. The summed E-state index contributed by atoms with van der Waals surface area (Å²) in [6.45, 7) is 2.24. The second-order valence-electron chi connectivity index (χ2n) is 2.56. The summed E-state index contributed by atoms with van der Waals surface area (Å²) < 4.78 is 0. The van der Waals surface area contributed by atoms with Crippen LogP contribution in [0.15, 0.2) is 0 Å². The molecular weight excluding hydrogens is 107 g/mol. The van der Waals surface area contributed by atoms with Crippen LogP contribution >= 0.6 is 0 Å². The number of hydrogen-bond donors (Lipinski definition) is 0. The Balaban J connectivity index is 2.60. The number of rotatable bonds is 6. The van der Waals surface area contributed by atoms with Crippen LogP contribution in [0.4, 0.5) is 0 Å². The molecule has 0 rings (SSSR count). The van der Waals surface area contributed by atoms with Crippen LogP contribution in [0, 0.1) is 0 Å². The van der Waals surface area contributed by atoms with Crippen LogP contribution in [-0.2, 0) is 0 Å². The summed E-state index contributed by atoms with van der Waals surface area (Å²) in [5, 5.41) is 0. The smallest absolute Gasteiger partial charge is 0.0653 e. The first kappa shape index (κ1) is 9.06. The fourth-order valence-electron chi connectivity index (χ4n) is 0.925. The molecule has 0 spiro atoms. The van der Waals surface area contributed by atoms with Crippen molar-refractivity contribution in [2.24, 2.45) is 0 Å². The maximum absolute atomic E-state index is 5.34. The van der Waals surface area contributed by atoms with E-state index < -0.39 is 0 Å². The number of hydrogen-bond acceptors (Lipinski definition) is 0. The lowest BCUT2D eigenvalue weighted by Crippen LogP contribution is -1.77. The van der Waals surface area contributed by atoms with Crippen molar-refractivity contribution < 1.29 is 0 Å². The molecule has 2 radical (unpaired) electrons. The molecule has 0 fully saturated rings. The minimum Gasteiger partial charge on any atom is -0.0887 e. The third kappa shape index (κ3) is 8.06. The molecule has 0 N–H and O–H groups in total. The highest BCUT2D eigenvalue weighted by Gasteiger charge is 1.85. The van der Waals surface area contributed by atoms with E-state index in [1.54, 1.807) is 0 Å². The summed E-state index contributed by atoms with van der Waals surface area (Å²) in [6.07, 6.45) is 8.92. The van der Waals surface area contributed by atoms with Gasteiger partial charge in [0, 0.05) is 0 Å². The molecule has 0 amide bonds. The van der Waals surface area contributed by atoms with Crippen LogP contribution < -0.4 is 0 Å². The SMILES string of the molecule is [B]CCCCCCCC. The Kier molecular flexibility index (Phi) is 8.12. The quantitative estimate of drug-likeness (QED) is 0.377. The van der Waals surface area contributed by atoms with Crippen molar-refractivity contribution in [3.05, 3.63) is 0 Å². The van der Waals surface area contributed by atoms with Gasteiger partial charge in [-0.05, 0) is 0 Å². The third-order valence-corrected chi connectivity index (χ3v) is 1.56. The average molecular weight is 124 g/mol. The molecule has 0 atom stereocenters. The minimum atomic E-state index is 0.867. The molecule has 0 aromatic rings. The van der Waals surface area contributed by atoms with Crippen molar-refractivity contribution in [2.45, 2.75) is 51.8 Å². The molecular formula is C8H17B. The first-order valence-corrected chi connectivity index (χ1v) is 4.12. The van der Waals surface area contributed by atoms with Gasteiger partial charge in [-0.15, -0.1) is 0 Å². The van der Waals surface area contributed by atoms with Crippen molar-refractivity contribution >= 4 is 7.85 Å². The molecule has 0 aliphatic heterocycles. The molecule has 0 aromatic heterocycles. The summed E-state index contributed by atoms with van der Waals surface area (Å²) in [6, 6.07) is 0. The van der Waals surface area contributed by atoms with Crippen LogP contribution in [0.2, 0.25) is 6.32 Å². The zero-order valence-electron chi connectivity index (χ0n) is 6.53. The summed E-state index contributed by atoms with van der Waals surface area (Å²) in [5.41, 5.74) is 0. The zero-order valence-corrected chi connectivity index (χ0v) is 6.53. The van der Waals surface area contributed by atoms with Crippen LogP contribution in [-0.4, -0.2) is 7.85 Å². The highest BCUT2D eigenvalue weighted by molar-refractivity contribution is 6.08. The second kappa shape index (κ2) is 8.06. The fourth-order valence-corrected chi connectivity index (χ4v) is 0.925. The highest BCUT2D eigenvalue weighted by Crippen LogP contribution is 2.05. The van der Waals surface area contributed by atoms with Crippen LogP contribution in [0.1, 0.15) is 45.4 Å². The Hall–Kier alpha value is 0.0649. The van der Waals surface area contributed by atoms with E-state index in [0.29, 0.717) is 0 Å². The summed E-state index contributed by atoms with van der Waals surface area (Å²) in [4.78, 5) is 0. The largest absolute Gasteiger partial charge is 0.0887 e. The van der Waals surface area contributed by atoms with Gasteiger partial charge in [-0.2, -0.15) is 0 Å². The van der Waals surface area contributed by atoms with Gasteiger partial charge in [0.25, 0.3) is 0 Å². The maximum Gasteiger partial charge on any atom is 0.0653 e. The Labute approximate surface area is 60.4 Å². The Bertz CT molecular complexity index is 37.8.